The van der Waals surface area contributed by atoms with Crippen LogP contribution in [0.1, 0.15) is 36.1 Å². The van der Waals surface area contributed by atoms with Crippen molar-refractivity contribution in [2.45, 2.75) is 45.3 Å². The van der Waals surface area contributed by atoms with Gasteiger partial charge in [-0.05, 0) is 48.3 Å². The highest BCUT2D eigenvalue weighted by Gasteiger charge is 2.11. The minimum atomic E-state index is -3.20. The van der Waals surface area contributed by atoms with Crippen LogP contribution in [0.4, 0.5) is 0 Å². The predicted octanol–water partition coefficient (Wildman–Crippen LogP) is 3.11. The lowest BCUT2D eigenvalue weighted by molar-refractivity contribution is 0.295. The molecule has 0 aliphatic heterocycles. The summed E-state index contributed by atoms with van der Waals surface area (Å²) in [5.41, 5.74) is 4.33. The Kier molecular flexibility index (Phi) is 8.87. The molecule has 0 atom stereocenters. The molecule has 2 aromatic carbocycles. The van der Waals surface area contributed by atoms with E-state index in [0.29, 0.717) is 23.9 Å². The summed E-state index contributed by atoms with van der Waals surface area (Å²) in [6, 6.07) is 13.9. The third-order valence-electron chi connectivity index (χ3n) is 5.18. The number of hydrogen-bond acceptors (Lipinski definition) is 4. The van der Waals surface area contributed by atoms with Gasteiger partial charge in [0.2, 0.25) is 0 Å². The van der Waals surface area contributed by atoms with E-state index in [2.05, 4.69) is 58.6 Å². The lowest BCUT2D eigenvalue weighted by atomic mass is 10.1. The number of benzene rings is 2. The normalized spacial score (nSPS) is 12.3. The van der Waals surface area contributed by atoms with Gasteiger partial charge in [-0.25, -0.2) is 8.42 Å². The molecule has 7 heteroatoms. The van der Waals surface area contributed by atoms with Gasteiger partial charge in [0.15, 0.2) is 15.8 Å². The van der Waals surface area contributed by atoms with E-state index in [-0.39, 0.29) is 0 Å². The molecular weight excluding hydrogens is 396 g/mol. The van der Waals surface area contributed by atoms with Crippen LogP contribution in [0.25, 0.3) is 0 Å². The van der Waals surface area contributed by atoms with Gasteiger partial charge in [0.1, 0.15) is 0 Å². The molecule has 0 radical (unpaired) electrons. The molecule has 6 nitrogen and oxygen atoms in total. The van der Waals surface area contributed by atoms with Gasteiger partial charge in [-0.1, -0.05) is 50.2 Å². The molecule has 0 saturated carbocycles. The molecule has 0 amide bonds. The second-order valence-electron chi connectivity index (χ2n) is 7.38. The van der Waals surface area contributed by atoms with E-state index in [1.807, 2.05) is 19.1 Å². The van der Waals surface area contributed by atoms with E-state index >= 15 is 0 Å². The van der Waals surface area contributed by atoms with E-state index in [4.69, 9.17) is 0 Å². The smallest absolute Gasteiger partial charge is 0.191 e. The van der Waals surface area contributed by atoms with Crippen LogP contribution in [0.5, 0.6) is 0 Å². The molecule has 164 valence electrons. The van der Waals surface area contributed by atoms with Crippen molar-refractivity contribution in [3.05, 3.63) is 64.7 Å². The Morgan fingerprint density at radius 2 is 1.63 bits per heavy atom. The van der Waals surface area contributed by atoms with Crippen molar-refractivity contribution in [3.63, 3.8) is 0 Å². The molecular formula is C23H34N4O2S. The summed E-state index contributed by atoms with van der Waals surface area (Å²) in [6.07, 6.45) is 1.23. The van der Waals surface area contributed by atoms with Crippen LogP contribution < -0.4 is 10.6 Å². The molecule has 0 aromatic heterocycles. The molecule has 2 rings (SSSR count). The summed E-state index contributed by atoms with van der Waals surface area (Å²) >= 11 is 0. The highest BCUT2D eigenvalue weighted by atomic mass is 32.2. The third kappa shape index (κ3) is 6.85. The Labute approximate surface area is 181 Å². The van der Waals surface area contributed by atoms with Crippen molar-refractivity contribution in [2.75, 3.05) is 26.4 Å². The molecule has 2 N–H and O–H groups in total. The Morgan fingerprint density at radius 1 is 1.00 bits per heavy atom. The molecule has 0 aliphatic rings. The van der Waals surface area contributed by atoms with Crippen molar-refractivity contribution < 1.29 is 8.42 Å². The highest BCUT2D eigenvalue weighted by molar-refractivity contribution is 7.90. The van der Waals surface area contributed by atoms with Crippen LogP contribution >= 0.6 is 0 Å². The Balaban J connectivity index is 1.99. The van der Waals surface area contributed by atoms with E-state index < -0.39 is 9.84 Å². The molecule has 0 bridgehead atoms. The molecule has 0 aliphatic carbocycles. The summed E-state index contributed by atoms with van der Waals surface area (Å²) in [7, 11) is -1.46. The van der Waals surface area contributed by atoms with E-state index in [1.54, 1.807) is 13.1 Å². The molecule has 0 saturated heterocycles. The van der Waals surface area contributed by atoms with Crippen LogP contribution in [-0.2, 0) is 29.5 Å². The maximum Gasteiger partial charge on any atom is 0.191 e. The maximum atomic E-state index is 11.8. The summed E-state index contributed by atoms with van der Waals surface area (Å²) in [5, 5.41) is 6.68. The van der Waals surface area contributed by atoms with Crippen LogP contribution in [-0.4, -0.2) is 45.7 Å². The van der Waals surface area contributed by atoms with Crippen molar-refractivity contribution in [1.82, 2.24) is 15.5 Å². The number of guanidine groups is 1. The van der Waals surface area contributed by atoms with Gasteiger partial charge in [0.05, 0.1) is 4.90 Å². The number of sulfone groups is 1. The van der Waals surface area contributed by atoms with Gasteiger partial charge in [0, 0.05) is 32.9 Å². The second kappa shape index (κ2) is 11.1. The Hall–Kier alpha value is -2.38. The maximum absolute atomic E-state index is 11.8. The zero-order valence-electron chi connectivity index (χ0n) is 18.7. The second-order valence-corrected chi connectivity index (χ2v) is 9.37. The molecule has 0 fully saturated rings. The van der Waals surface area contributed by atoms with E-state index in [0.717, 1.165) is 30.8 Å². The number of nitrogens with zero attached hydrogens (tertiary/aromatic N) is 2. The number of nitrogens with one attached hydrogen (secondary N) is 2. The first-order valence-electron chi connectivity index (χ1n) is 10.3. The van der Waals surface area contributed by atoms with Gasteiger partial charge in [0.25, 0.3) is 0 Å². The predicted molar refractivity (Wildman–Crippen MR) is 124 cm³/mol. The number of hydrogen-bond donors (Lipinski definition) is 2. The lowest BCUT2D eigenvalue weighted by Gasteiger charge is -2.20. The zero-order valence-corrected chi connectivity index (χ0v) is 19.5. The molecule has 30 heavy (non-hydrogen) atoms. The number of rotatable bonds is 9. The summed E-state index contributed by atoms with van der Waals surface area (Å²) < 4.78 is 23.6. The van der Waals surface area contributed by atoms with Gasteiger partial charge >= 0.3 is 0 Å². The third-order valence-corrected chi connectivity index (χ3v) is 6.43. The topological polar surface area (TPSA) is 73.8 Å². The fourth-order valence-electron chi connectivity index (χ4n) is 3.40. The average molecular weight is 431 g/mol. The molecule has 0 unspecified atom stereocenters. The minimum Gasteiger partial charge on any atom is -0.352 e. The van der Waals surface area contributed by atoms with Crippen molar-refractivity contribution in [3.8, 4) is 0 Å². The van der Waals surface area contributed by atoms with Crippen molar-refractivity contribution >= 4 is 15.8 Å². The monoisotopic (exact) mass is 430 g/mol. The summed E-state index contributed by atoms with van der Waals surface area (Å²) in [4.78, 5) is 7.08. The van der Waals surface area contributed by atoms with Crippen molar-refractivity contribution in [2.24, 2.45) is 4.99 Å². The molecule has 0 heterocycles. The summed E-state index contributed by atoms with van der Waals surface area (Å²) in [5.74, 6) is 0.706. The minimum absolute atomic E-state index is 0.374. The van der Waals surface area contributed by atoms with Gasteiger partial charge < -0.3 is 10.6 Å². The average Bonchev–Trinajstić information content (AvgIpc) is 2.72. The van der Waals surface area contributed by atoms with Crippen LogP contribution in [0.3, 0.4) is 0 Å². The van der Waals surface area contributed by atoms with Gasteiger partial charge in [-0.2, -0.15) is 0 Å². The molecule has 0 spiro atoms. The first-order valence-corrected chi connectivity index (χ1v) is 12.2. The number of aryl methyl sites for hydroxylation is 1. The van der Waals surface area contributed by atoms with Crippen molar-refractivity contribution in [1.29, 1.82) is 0 Å². The van der Waals surface area contributed by atoms with Gasteiger partial charge in [-0.15, -0.1) is 0 Å². The fourth-order valence-corrected chi connectivity index (χ4v) is 4.35. The first-order chi connectivity index (χ1) is 14.3. The van der Waals surface area contributed by atoms with Crippen LogP contribution in [0, 0.1) is 6.92 Å². The quantitative estimate of drug-likeness (QED) is 0.472. The standard InChI is InChI=1S/C23H34N4O2S/c1-6-27(7-2)17-21-11-9-8-10-20(21)16-26-23(24-4)25-15-19-12-13-22(18(3)14-19)30(5,28)29/h8-14H,6-7,15-17H2,1-5H3,(H2,24,25,26). The zero-order chi connectivity index (χ0) is 22.1. The Bertz CT molecular complexity index is 967. The largest absolute Gasteiger partial charge is 0.352 e. The van der Waals surface area contributed by atoms with Gasteiger partial charge in [-0.3, -0.25) is 9.89 Å². The fraction of sp³-hybridized carbons (Fsp3) is 0.435. The highest BCUT2D eigenvalue weighted by Crippen LogP contribution is 2.16. The van der Waals surface area contributed by atoms with Crippen LogP contribution in [0.15, 0.2) is 52.4 Å². The Morgan fingerprint density at radius 3 is 2.20 bits per heavy atom. The number of aliphatic imine (C=N–C) groups is 1. The van der Waals surface area contributed by atoms with Crippen LogP contribution in [0.2, 0.25) is 0 Å². The molecule has 2 aromatic rings. The first kappa shape index (κ1) is 23.9. The van der Waals surface area contributed by atoms with E-state index in [9.17, 15) is 8.42 Å². The SMILES string of the molecule is CCN(CC)Cc1ccccc1CNC(=NC)NCc1ccc(S(C)(=O)=O)c(C)c1. The summed E-state index contributed by atoms with van der Waals surface area (Å²) in [6.45, 7) is 10.4. The lowest BCUT2D eigenvalue weighted by Crippen LogP contribution is -2.36. The van der Waals surface area contributed by atoms with E-state index in [1.165, 1.54) is 17.4 Å².